The lowest BCUT2D eigenvalue weighted by Crippen LogP contribution is -2.49. The molecule has 1 aliphatic rings. The van der Waals surface area contributed by atoms with Crippen LogP contribution in [0.4, 0.5) is 5.69 Å². The van der Waals surface area contributed by atoms with Gasteiger partial charge in [-0.2, -0.15) is 5.10 Å². The molecule has 0 aliphatic carbocycles. The van der Waals surface area contributed by atoms with Crippen LogP contribution in [0.3, 0.4) is 0 Å². The standard InChI is InChI=1S/C17H21N5O5S/c1-28(26,27)13-12-19-8-10-20(11-9-19)17(23)16-6-7-21(18-16)14-2-4-15(5-3-14)22(24)25/h2-7H,8-13H2,1H3. The van der Waals surface area contributed by atoms with Gasteiger partial charge in [-0.3, -0.25) is 19.8 Å². The van der Waals surface area contributed by atoms with E-state index < -0.39 is 14.8 Å². The molecule has 1 aromatic heterocycles. The van der Waals surface area contributed by atoms with Crippen LogP contribution in [0.5, 0.6) is 0 Å². The number of hydrogen-bond donors (Lipinski definition) is 0. The van der Waals surface area contributed by atoms with E-state index in [2.05, 4.69) is 5.10 Å². The second-order valence-electron chi connectivity index (χ2n) is 6.68. The number of sulfone groups is 1. The number of non-ortho nitro benzene ring substituents is 1. The molecule has 0 saturated carbocycles. The van der Waals surface area contributed by atoms with Crippen LogP contribution < -0.4 is 0 Å². The van der Waals surface area contributed by atoms with Gasteiger partial charge < -0.3 is 4.90 Å². The van der Waals surface area contributed by atoms with E-state index in [9.17, 15) is 23.3 Å². The molecule has 1 saturated heterocycles. The fraction of sp³-hybridized carbons (Fsp3) is 0.412. The van der Waals surface area contributed by atoms with Crippen molar-refractivity contribution in [2.45, 2.75) is 0 Å². The molecule has 150 valence electrons. The number of carbonyl (C=O) groups is 1. The van der Waals surface area contributed by atoms with Crippen molar-refractivity contribution >= 4 is 21.4 Å². The highest BCUT2D eigenvalue weighted by Gasteiger charge is 2.24. The first-order valence-electron chi connectivity index (χ1n) is 8.73. The van der Waals surface area contributed by atoms with Crippen LogP contribution >= 0.6 is 0 Å². The maximum atomic E-state index is 12.7. The summed E-state index contributed by atoms with van der Waals surface area (Å²) < 4.78 is 24.0. The van der Waals surface area contributed by atoms with Gasteiger partial charge in [-0.1, -0.05) is 0 Å². The Hall–Kier alpha value is -2.79. The zero-order valence-corrected chi connectivity index (χ0v) is 16.2. The van der Waals surface area contributed by atoms with E-state index in [1.165, 1.54) is 23.1 Å². The Morgan fingerprint density at radius 2 is 1.79 bits per heavy atom. The first kappa shape index (κ1) is 20.0. The first-order valence-corrected chi connectivity index (χ1v) is 10.8. The van der Waals surface area contributed by atoms with E-state index in [1.54, 1.807) is 29.3 Å². The summed E-state index contributed by atoms with van der Waals surface area (Å²) in [5.74, 6) is -0.0796. The summed E-state index contributed by atoms with van der Waals surface area (Å²) in [6, 6.07) is 7.52. The van der Waals surface area contributed by atoms with Crippen LogP contribution in [0.15, 0.2) is 36.5 Å². The molecule has 0 radical (unpaired) electrons. The van der Waals surface area contributed by atoms with Crippen LogP contribution in [0.2, 0.25) is 0 Å². The molecular formula is C17H21N5O5S. The molecule has 1 aromatic carbocycles. The number of nitro benzene ring substituents is 1. The number of aromatic nitrogens is 2. The topological polar surface area (TPSA) is 119 Å². The zero-order chi connectivity index (χ0) is 20.3. The number of benzene rings is 1. The lowest BCUT2D eigenvalue weighted by atomic mass is 10.3. The van der Waals surface area contributed by atoms with Crippen molar-refractivity contribution in [2.24, 2.45) is 0 Å². The minimum atomic E-state index is -3.00. The number of hydrogen-bond acceptors (Lipinski definition) is 7. The SMILES string of the molecule is CS(=O)(=O)CCN1CCN(C(=O)c2ccn(-c3ccc([N+](=O)[O-])cc3)n2)CC1. The Labute approximate surface area is 162 Å². The van der Waals surface area contributed by atoms with Gasteiger partial charge in [-0.05, 0) is 18.2 Å². The van der Waals surface area contributed by atoms with E-state index in [0.29, 0.717) is 44.1 Å². The normalized spacial score (nSPS) is 15.5. The Morgan fingerprint density at radius 3 is 2.36 bits per heavy atom. The molecule has 3 rings (SSSR count). The fourth-order valence-electron chi connectivity index (χ4n) is 2.94. The maximum Gasteiger partial charge on any atom is 0.274 e. The molecule has 11 heteroatoms. The van der Waals surface area contributed by atoms with E-state index in [-0.39, 0.29) is 17.3 Å². The van der Waals surface area contributed by atoms with Gasteiger partial charge in [0.2, 0.25) is 0 Å². The molecule has 0 unspecified atom stereocenters. The molecule has 1 amide bonds. The third-order valence-corrected chi connectivity index (χ3v) is 5.50. The second-order valence-corrected chi connectivity index (χ2v) is 8.94. The Morgan fingerprint density at radius 1 is 1.14 bits per heavy atom. The van der Waals surface area contributed by atoms with E-state index in [1.807, 2.05) is 4.90 Å². The average molecular weight is 407 g/mol. The number of carbonyl (C=O) groups excluding carboxylic acids is 1. The van der Waals surface area contributed by atoms with Gasteiger partial charge in [0, 0.05) is 57.3 Å². The minimum absolute atomic E-state index is 0.0130. The molecule has 0 spiro atoms. The number of rotatable bonds is 6. The lowest BCUT2D eigenvalue weighted by Gasteiger charge is -2.34. The molecule has 1 fully saturated rings. The van der Waals surface area contributed by atoms with Crippen molar-refractivity contribution < 1.29 is 18.1 Å². The van der Waals surface area contributed by atoms with Crippen LogP contribution in [0.25, 0.3) is 5.69 Å². The predicted octanol–water partition coefficient (Wildman–Crippen LogP) is 0.583. The third kappa shape index (κ3) is 4.93. The van der Waals surface area contributed by atoms with E-state index in [0.717, 1.165) is 0 Å². The average Bonchev–Trinajstić information content (AvgIpc) is 3.16. The van der Waals surface area contributed by atoms with Gasteiger partial charge in [-0.15, -0.1) is 0 Å². The highest BCUT2D eigenvalue weighted by atomic mass is 32.2. The summed E-state index contributed by atoms with van der Waals surface area (Å²) in [7, 11) is -3.00. The number of amides is 1. The van der Waals surface area contributed by atoms with Crippen LogP contribution in [-0.2, 0) is 9.84 Å². The van der Waals surface area contributed by atoms with Crippen LogP contribution in [-0.4, -0.2) is 83.6 Å². The van der Waals surface area contributed by atoms with Crippen molar-refractivity contribution in [3.63, 3.8) is 0 Å². The van der Waals surface area contributed by atoms with Crippen molar-refractivity contribution in [2.75, 3.05) is 44.7 Å². The minimum Gasteiger partial charge on any atom is -0.335 e. The molecule has 1 aliphatic heterocycles. The highest BCUT2D eigenvalue weighted by Crippen LogP contribution is 2.15. The van der Waals surface area contributed by atoms with Crippen molar-refractivity contribution in [3.05, 3.63) is 52.3 Å². The Bertz CT molecular complexity index is 962. The maximum absolute atomic E-state index is 12.7. The van der Waals surface area contributed by atoms with Gasteiger partial charge in [0.25, 0.3) is 11.6 Å². The first-order chi connectivity index (χ1) is 13.2. The Kier molecular flexibility index (Phi) is 5.75. The van der Waals surface area contributed by atoms with Gasteiger partial charge in [0.1, 0.15) is 9.84 Å². The zero-order valence-electron chi connectivity index (χ0n) is 15.4. The summed E-state index contributed by atoms with van der Waals surface area (Å²) >= 11 is 0. The predicted molar refractivity (Wildman–Crippen MR) is 102 cm³/mol. The molecule has 2 heterocycles. The summed E-state index contributed by atoms with van der Waals surface area (Å²) in [6.07, 6.45) is 2.85. The van der Waals surface area contributed by atoms with Crippen LogP contribution in [0, 0.1) is 10.1 Å². The van der Waals surface area contributed by atoms with Crippen molar-refractivity contribution in [1.82, 2.24) is 19.6 Å². The van der Waals surface area contributed by atoms with E-state index in [4.69, 9.17) is 0 Å². The summed E-state index contributed by atoms with van der Waals surface area (Å²) in [5, 5.41) is 15.0. The summed E-state index contributed by atoms with van der Waals surface area (Å²) in [6.45, 7) is 2.71. The van der Waals surface area contributed by atoms with Gasteiger partial charge in [-0.25, -0.2) is 13.1 Å². The van der Waals surface area contributed by atoms with Gasteiger partial charge in [0.05, 0.1) is 16.4 Å². The smallest absolute Gasteiger partial charge is 0.274 e. The number of nitrogens with zero attached hydrogens (tertiary/aromatic N) is 5. The molecule has 10 nitrogen and oxygen atoms in total. The fourth-order valence-corrected chi connectivity index (χ4v) is 3.53. The van der Waals surface area contributed by atoms with Crippen molar-refractivity contribution in [3.8, 4) is 5.69 Å². The Balaban J connectivity index is 1.59. The lowest BCUT2D eigenvalue weighted by molar-refractivity contribution is -0.384. The summed E-state index contributed by atoms with van der Waals surface area (Å²) in [5.41, 5.74) is 0.902. The largest absolute Gasteiger partial charge is 0.335 e. The van der Waals surface area contributed by atoms with Crippen LogP contribution in [0.1, 0.15) is 10.5 Å². The summed E-state index contributed by atoms with van der Waals surface area (Å²) in [4.78, 5) is 26.6. The third-order valence-electron chi connectivity index (χ3n) is 4.57. The molecule has 2 aromatic rings. The molecule has 0 N–H and O–H groups in total. The molecule has 28 heavy (non-hydrogen) atoms. The molecular weight excluding hydrogens is 386 g/mol. The number of nitro groups is 1. The van der Waals surface area contributed by atoms with Gasteiger partial charge >= 0.3 is 0 Å². The molecule has 0 atom stereocenters. The monoisotopic (exact) mass is 407 g/mol. The van der Waals surface area contributed by atoms with Crippen molar-refractivity contribution in [1.29, 1.82) is 0 Å². The van der Waals surface area contributed by atoms with E-state index >= 15 is 0 Å². The quantitative estimate of drug-likeness (QED) is 0.508. The number of piperazine rings is 1. The molecule has 0 bridgehead atoms. The second kappa shape index (κ2) is 8.07. The van der Waals surface area contributed by atoms with Gasteiger partial charge in [0.15, 0.2) is 5.69 Å². The highest BCUT2D eigenvalue weighted by molar-refractivity contribution is 7.90.